The van der Waals surface area contributed by atoms with Crippen molar-refractivity contribution in [1.82, 2.24) is 15.0 Å². The second-order valence-electron chi connectivity index (χ2n) is 4.97. The number of nitrogens with zero attached hydrogens (tertiary/aromatic N) is 3. The molecule has 1 unspecified atom stereocenters. The molecule has 22 heavy (non-hydrogen) atoms. The zero-order valence-corrected chi connectivity index (χ0v) is 12.5. The van der Waals surface area contributed by atoms with Crippen LogP contribution in [0.4, 0.5) is 0 Å². The molecule has 0 aliphatic heterocycles. The molecular formula is C17H17N3O2. The first-order valence-electron chi connectivity index (χ1n) is 7.11. The van der Waals surface area contributed by atoms with E-state index in [4.69, 9.17) is 4.74 Å². The summed E-state index contributed by atoms with van der Waals surface area (Å²) in [4.78, 5) is 1.45. The molecule has 0 aliphatic rings. The summed E-state index contributed by atoms with van der Waals surface area (Å²) < 4.78 is 5.55. The molecule has 3 rings (SSSR count). The Kier molecular flexibility index (Phi) is 3.78. The van der Waals surface area contributed by atoms with Crippen LogP contribution in [0.15, 0.2) is 54.8 Å². The highest BCUT2D eigenvalue weighted by molar-refractivity contribution is 5.73. The van der Waals surface area contributed by atoms with E-state index in [1.807, 2.05) is 56.3 Å². The van der Waals surface area contributed by atoms with E-state index in [0.717, 1.165) is 16.6 Å². The Morgan fingerprint density at radius 2 is 1.82 bits per heavy atom. The minimum Gasteiger partial charge on any atom is -0.506 e. The van der Waals surface area contributed by atoms with Crippen LogP contribution in [0.25, 0.3) is 16.7 Å². The highest BCUT2D eigenvalue weighted by Crippen LogP contribution is 2.27. The summed E-state index contributed by atoms with van der Waals surface area (Å²) in [5.74, 6) is 0.127. The number of aromatic hydroxyl groups is 1. The van der Waals surface area contributed by atoms with Gasteiger partial charge in [-0.05, 0) is 43.7 Å². The molecule has 3 aromatic rings. The van der Waals surface area contributed by atoms with Crippen molar-refractivity contribution in [3.8, 4) is 11.4 Å². The highest BCUT2D eigenvalue weighted by atomic mass is 16.5. The number of fused-ring (bicyclic) bond motifs is 1. The van der Waals surface area contributed by atoms with Gasteiger partial charge in [0.25, 0.3) is 0 Å². The van der Waals surface area contributed by atoms with Crippen molar-refractivity contribution >= 4 is 11.0 Å². The van der Waals surface area contributed by atoms with Crippen LogP contribution in [0.3, 0.4) is 0 Å². The van der Waals surface area contributed by atoms with Gasteiger partial charge in [-0.2, -0.15) is 0 Å². The SMILES string of the molecule is CC=COC(C)c1ccc(O)c(-n2nc3ccccc3n2)c1. The summed E-state index contributed by atoms with van der Waals surface area (Å²) in [7, 11) is 0. The van der Waals surface area contributed by atoms with E-state index in [2.05, 4.69) is 10.2 Å². The van der Waals surface area contributed by atoms with Crippen LogP contribution in [0.5, 0.6) is 5.75 Å². The molecule has 0 radical (unpaired) electrons. The lowest BCUT2D eigenvalue weighted by molar-refractivity contribution is 0.164. The third kappa shape index (κ3) is 2.65. The van der Waals surface area contributed by atoms with Crippen LogP contribution in [-0.2, 0) is 4.74 Å². The Labute approximate surface area is 128 Å². The van der Waals surface area contributed by atoms with E-state index in [-0.39, 0.29) is 11.9 Å². The molecule has 5 nitrogen and oxygen atoms in total. The molecule has 0 bridgehead atoms. The molecule has 0 fully saturated rings. The maximum Gasteiger partial charge on any atom is 0.143 e. The summed E-state index contributed by atoms with van der Waals surface area (Å²) in [6.45, 7) is 3.84. The van der Waals surface area contributed by atoms with Crippen LogP contribution in [0.1, 0.15) is 25.5 Å². The van der Waals surface area contributed by atoms with E-state index in [1.54, 1.807) is 12.3 Å². The van der Waals surface area contributed by atoms with Gasteiger partial charge >= 0.3 is 0 Å². The van der Waals surface area contributed by atoms with Crippen molar-refractivity contribution in [1.29, 1.82) is 0 Å². The van der Waals surface area contributed by atoms with Gasteiger partial charge in [0.05, 0.1) is 6.26 Å². The summed E-state index contributed by atoms with van der Waals surface area (Å²) >= 11 is 0. The maximum atomic E-state index is 10.1. The monoisotopic (exact) mass is 295 g/mol. The number of hydrogen-bond acceptors (Lipinski definition) is 4. The third-order valence-corrected chi connectivity index (χ3v) is 3.39. The van der Waals surface area contributed by atoms with Crippen molar-refractivity contribution in [2.45, 2.75) is 20.0 Å². The Balaban J connectivity index is 2.02. The van der Waals surface area contributed by atoms with E-state index >= 15 is 0 Å². The second-order valence-corrected chi connectivity index (χ2v) is 4.97. The van der Waals surface area contributed by atoms with Gasteiger partial charge < -0.3 is 9.84 Å². The van der Waals surface area contributed by atoms with E-state index in [1.165, 1.54) is 4.80 Å². The summed E-state index contributed by atoms with van der Waals surface area (Å²) in [5, 5.41) is 18.9. The molecule has 1 aromatic heterocycles. The number of benzene rings is 2. The molecule has 5 heteroatoms. The fourth-order valence-corrected chi connectivity index (χ4v) is 2.20. The van der Waals surface area contributed by atoms with Gasteiger partial charge in [0.1, 0.15) is 28.6 Å². The first-order chi connectivity index (χ1) is 10.7. The number of allylic oxidation sites excluding steroid dienone is 1. The first kappa shape index (κ1) is 14.1. The smallest absolute Gasteiger partial charge is 0.143 e. The molecular weight excluding hydrogens is 278 g/mol. The number of aromatic nitrogens is 3. The molecule has 0 amide bonds. The van der Waals surface area contributed by atoms with Gasteiger partial charge in [0.15, 0.2) is 0 Å². The van der Waals surface area contributed by atoms with Crippen LogP contribution in [0.2, 0.25) is 0 Å². The average molecular weight is 295 g/mol. The van der Waals surface area contributed by atoms with E-state index < -0.39 is 0 Å². The van der Waals surface area contributed by atoms with Crippen LogP contribution >= 0.6 is 0 Å². The van der Waals surface area contributed by atoms with Gasteiger partial charge in [-0.3, -0.25) is 0 Å². The largest absolute Gasteiger partial charge is 0.506 e. The Morgan fingerprint density at radius 3 is 2.45 bits per heavy atom. The van der Waals surface area contributed by atoms with Crippen LogP contribution in [-0.4, -0.2) is 20.1 Å². The van der Waals surface area contributed by atoms with Crippen molar-refractivity contribution in [3.05, 3.63) is 60.4 Å². The first-order valence-corrected chi connectivity index (χ1v) is 7.11. The molecule has 112 valence electrons. The second kappa shape index (κ2) is 5.89. The molecule has 0 saturated carbocycles. The van der Waals surface area contributed by atoms with Crippen molar-refractivity contribution < 1.29 is 9.84 Å². The van der Waals surface area contributed by atoms with Crippen molar-refractivity contribution in [2.75, 3.05) is 0 Å². The van der Waals surface area contributed by atoms with Crippen LogP contribution in [0, 0.1) is 0 Å². The molecule has 1 atom stereocenters. The van der Waals surface area contributed by atoms with Gasteiger partial charge in [-0.15, -0.1) is 15.0 Å². The number of ether oxygens (including phenoxy) is 1. The predicted octanol–water partition coefficient (Wildman–Crippen LogP) is 3.74. The molecule has 1 heterocycles. The van der Waals surface area contributed by atoms with Gasteiger partial charge in [0.2, 0.25) is 0 Å². The predicted molar refractivity (Wildman–Crippen MR) is 84.8 cm³/mol. The number of hydrogen-bond donors (Lipinski definition) is 1. The summed E-state index contributed by atoms with van der Waals surface area (Å²) in [6.07, 6.45) is 3.36. The standard InChI is InChI=1S/C17H17N3O2/c1-3-10-22-12(2)13-8-9-17(21)16(11-13)20-18-14-6-4-5-7-15(14)19-20/h3-12,21H,1-2H3. The molecule has 0 spiro atoms. The minimum absolute atomic E-state index is 0.125. The Bertz CT molecular complexity index is 791. The maximum absolute atomic E-state index is 10.1. The fourth-order valence-electron chi connectivity index (χ4n) is 2.20. The Morgan fingerprint density at radius 1 is 1.14 bits per heavy atom. The quantitative estimate of drug-likeness (QED) is 0.745. The lowest BCUT2D eigenvalue weighted by Crippen LogP contribution is -2.02. The third-order valence-electron chi connectivity index (χ3n) is 3.39. The van der Waals surface area contributed by atoms with Gasteiger partial charge in [-0.25, -0.2) is 0 Å². The molecule has 1 N–H and O–H groups in total. The Hall–Kier alpha value is -2.82. The topological polar surface area (TPSA) is 60.2 Å². The van der Waals surface area contributed by atoms with Gasteiger partial charge in [-0.1, -0.05) is 24.3 Å². The number of rotatable bonds is 4. The number of phenolic OH excluding ortho intramolecular Hbond substituents is 1. The van der Waals surface area contributed by atoms with Crippen LogP contribution < -0.4 is 0 Å². The minimum atomic E-state index is -0.125. The van der Waals surface area contributed by atoms with E-state index in [0.29, 0.717) is 5.69 Å². The lowest BCUT2D eigenvalue weighted by Gasteiger charge is -2.13. The molecule has 0 saturated heterocycles. The van der Waals surface area contributed by atoms with Crippen molar-refractivity contribution in [3.63, 3.8) is 0 Å². The normalized spacial score (nSPS) is 12.8. The summed E-state index contributed by atoms with van der Waals surface area (Å²) in [5.41, 5.74) is 3.04. The average Bonchev–Trinajstić information content (AvgIpc) is 2.96. The number of phenols is 1. The van der Waals surface area contributed by atoms with Gasteiger partial charge in [0, 0.05) is 0 Å². The zero-order valence-electron chi connectivity index (χ0n) is 12.5. The lowest BCUT2D eigenvalue weighted by atomic mass is 10.1. The molecule has 2 aromatic carbocycles. The summed E-state index contributed by atoms with van der Waals surface area (Å²) in [6, 6.07) is 12.9. The zero-order chi connectivity index (χ0) is 15.5. The molecule has 0 aliphatic carbocycles. The van der Waals surface area contributed by atoms with E-state index in [9.17, 15) is 5.11 Å². The van der Waals surface area contributed by atoms with Crippen molar-refractivity contribution in [2.24, 2.45) is 0 Å². The fraction of sp³-hybridized carbons (Fsp3) is 0.176. The highest BCUT2D eigenvalue weighted by Gasteiger charge is 2.12.